The summed E-state index contributed by atoms with van der Waals surface area (Å²) < 4.78 is 10.4. The van der Waals surface area contributed by atoms with E-state index in [-0.39, 0.29) is 5.91 Å². The molecule has 4 rings (SSSR count). The lowest BCUT2D eigenvalue weighted by molar-refractivity contribution is -0.130. The van der Waals surface area contributed by atoms with Gasteiger partial charge in [0.05, 0.1) is 31.4 Å². The molecule has 8 heteroatoms. The van der Waals surface area contributed by atoms with Gasteiger partial charge in [0.1, 0.15) is 11.5 Å². The summed E-state index contributed by atoms with van der Waals surface area (Å²) in [5, 5.41) is 8.15. The van der Waals surface area contributed by atoms with Crippen molar-refractivity contribution in [3.8, 4) is 22.8 Å². The Kier molecular flexibility index (Phi) is 6.85. The second kappa shape index (κ2) is 9.96. The van der Waals surface area contributed by atoms with Crippen molar-refractivity contribution in [2.45, 2.75) is 12.8 Å². The van der Waals surface area contributed by atoms with E-state index in [1.54, 1.807) is 26.4 Å². The summed E-state index contributed by atoms with van der Waals surface area (Å²) in [6, 6.07) is 15.4. The van der Waals surface area contributed by atoms with E-state index in [1.165, 1.54) is 0 Å². The summed E-state index contributed by atoms with van der Waals surface area (Å²) >= 11 is 6.20. The molecular formula is C24H27ClN4O3. The van der Waals surface area contributed by atoms with E-state index < -0.39 is 0 Å². The molecule has 7 nitrogen and oxygen atoms in total. The molecule has 3 aromatic rings. The number of carbonyl (C=O) groups excluding carboxylic acids is 1. The molecule has 0 atom stereocenters. The molecule has 2 aromatic carbocycles. The van der Waals surface area contributed by atoms with Gasteiger partial charge in [-0.2, -0.15) is 5.10 Å². The number of nitrogens with one attached hydrogen (secondary N) is 1. The van der Waals surface area contributed by atoms with Crippen LogP contribution in [0, 0.1) is 0 Å². The Morgan fingerprint density at radius 1 is 1.03 bits per heavy atom. The number of methoxy groups -OCH3 is 2. The number of H-pyrrole nitrogens is 1. The zero-order chi connectivity index (χ0) is 22.5. The highest BCUT2D eigenvalue weighted by Crippen LogP contribution is 2.26. The molecular weight excluding hydrogens is 428 g/mol. The molecule has 0 unspecified atom stereocenters. The van der Waals surface area contributed by atoms with Gasteiger partial charge in [-0.1, -0.05) is 17.7 Å². The highest BCUT2D eigenvalue weighted by Gasteiger charge is 2.21. The van der Waals surface area contributed by atoms with E-state index in [1.807, 2.05) is 35.2 Å². The van der Waals surface area contributed by atoms with Crippen LogP contribution in [0.5, 0.6) is 11.5 Å². The van der Waals surface area contributed by atoms with Crippen LogP contribution >= 0.6 is 11.6 Å². The normalized spacial score (nSPS) is 14.2. The first-order valence-electron chi connectivity index (χ1n) is 10.6. The van der Waals surface area contributed by atoms with E-state index in [0.717, 1.165) is 54.4 Å². The van der Waals surface area contributed by atoms with Crippen LogP contribution in [0.25, 0.3) is 11.3 Å². The van der Waals surface area contributed by atoms with Crippen molar-refractivity contribution in [2.24, 2.45) is 0 Å². The number of carbonyl (C=O) groups is 1. The third-order valence-electron chi connectivity index (χ3n) is 5.71. The maximum Gasteiger partial charge on any atom is 0.227 e. The van der Waals surface area contributed by atoms with Crippen LogP contribution in [0.1, 0.15) is 12.0 Å². The molecule has 0 bridgehead atoms. The van der Waals surface area contributed by atoms with Gasteiger partial charge in [0.2, 0.25) is 5.91 Å². The van der Waals surface area contributed by atoms with Gasteiger partial charge < -0.3 is 19.3 Å². The fourth-order valence-corrected chi connectivity index (χ4v) is 4.17. The molecule has 1 aliphatic rings. The highest BCUT2D eigenvalue weighted by atomic mass is 35.5. The number of aromatic nitrogens is 2. The predicted octanol–water partition coefficient (Wildman–Crippen LogP) is 4.03. The fourth-order valence-electron chi connectivity index (χ4n) is 3.89. The number of benzene rings is 2. The molecule has 1 aliphatic heterocycles. The third-order valence-corrected chi connectivity index (χ3v) is 6.00. The Bertz CT molecular complexity index is 1070. The van der Waals surface area contributed by atoms with Crippen molar-refractivity contribution in [1.82, 2.24) is 15.1 Å². The molecule has 0 saturated carbocycles. The molecule has 2 heterocycles. The zero-order valence-corrected chi connectivity index (χ0v) is 19.1. The molecule has 0 spiro atoms. The summed E-state index contributed by atoms with van der Waals surface area (Å²) in [4.78, 5) is 17.0. The van der Waals surface area contributed by atoms with Gasteiger partial charge in [-0.3, -0.25) is 9.89 Å². The van der Waals surface area contributed by atoms with Crippen LogP contribution < -0.4 is 14.4 Å². The molecule has 0 radical (unpaired) electrons. The van der Waals surface area contributed by atoms with Crippen molar-refractivity contribution in [2.75, 3.05) is 45.3 Å². The van der Waals surface area contributed by atoms with E-state index >= 15 is 0 Å². The van der Waals surface area contributed by atoms with Crippen molar-refractivity contribution >= 4 is 23.3 Å². The second-order valence-corrected chi connectivity index (χ2v) is 8.14. The Morgan fingerprint density at radius 3 is 2.56 bits per heavy atom. The SMILES string of the molecule is COc1ccc(-c2cc(N3CCCN(C(=O)Cc4ccc(OC)c(Cl)c4)CC3)n[nH]2)cc1. The fraction of sp³-hybridized carbons (Fsp3) is 0.333. The molecule has 1 amide bonds. The van der Waals surface area contributed by atoms with Crippen molar-refractivity contribution in [3.63, 3.8) is 0 Å². The lowest BCUT2D eigenvalue weighted by atomic mass is 10.1. The minimum atomic E-state index is 0.106. The van der Waals surface area contributed by atoms with Crippen LogP contribution in [-0.2, 0) is 11.2 Å². The quantitative estimate of drug-likeness (QED) is 0.609. The molecule has 32 heavy (non-hydrogen) atoms. The summed E-state index contributed by atoms with van der Waals surface area (Å²) in [6.07, 6.45) is 1.22. The summed E-state index contributed by atoms with van der Waals surface area (Å²) in [5.41, 5.74) is 2.89. The average Bonchev–Trinajstić information content (AvgIpc) is 3.17. The Labute approximate surface area is 192 Å². The molecule has 1 saturated heterocycles. The van der Waals surface area contributed by atoms with Crippen LogP contribution in [0.4, 0.5) is 5.82 Å². The third kappa shape index (κ3) is 4.99. The minimum absolute atomic E-state index is 0.106. The number of nitrogens with zero attached hydrogens (tertiary/aromatic N) is 3. The Balaban J connectivity index is 1.37. The van der Waals surface area contributed by atoms with Crippen molar-refractivity contribution in [1.29, 1.82) is 0 Å². The summed E-state index contributed by atoms with van der Waals surface area (Å²) in [6.45, 7) is 2.98. The Morgan fingerprint density at radius 2 is 1.84 bits per heavy atom. The van der Waals surface area contributed by atoms with Gasteiger partial charge in [0.15, 0.2) is 5.82 Å². The topological polar surface area (TPSA) is 70.7 Å². The molecule has 1 N–H and O–H groups in total. The molecule has 1 fully saturated rings. The lowest BCUT2D eigenvalue weighted by Gasteiger charge is -2.22. The van der Waals surface area contributed by atoms with Crippen LogP contribution in [0.3, 0.4) is 0 Å². The number of anilines is 1. The summed E-state index contributed by atoms with van der Waals surface area (Å²) in [7, 11) is 3.23. The molecule has 1 aromatic heterocycles. The van der Waals surface area contributed by atoms with E-state index in [2.05, 4.69) is 21.2 Å². The molecule has 0 aliphatic carbocycles. The van der Waals surface area contributed by atoms with Crippen molar-refractivity contribution in [3.05, 3.63) is 59.1 Å². The van der Waals surface area contributed by atoms with Gasteiger partial charge >= 0.3 is 0 Å². The highest BCUT2D eigenvalue weighted by molar-refractivity contribution is 6.32. The van der Waals surface area contributed by atoms with E-state index in [4.69, 9.17) is 21.1 Å². The van der Waals surface area contributed by atoms with Gasteiger partial charge in [0, 0.05) is 32.2 Å². The predicted molar refractivity (Wildman–Crippen MR) is 126 cm³/mol. The lowest BCUT2D eigenvalue weighted by Crippen LogP contribution is -2.36. The average molecular weight is 455 g/mol. The number of amides is 1. The largest absolute Gasteiger partial charge is 0.497 e. The first kappa shape index (κ1) is 22.0. The number of hydrogen-bond donors (Lipinski definition) is 1. The number of hydrogen-bond acceptors (Lipinski definition) is 5. The first-order valence-corrected chi connectivity index (χ1v) is 11.0. The number of halogens is 1. The van der Waals surface area contributed by atoms with Gasteiger partial charge in [-0.25, -0.2) is 0 Å². The smallest absolute Gasteiger partial charge is 0.227 e. The van der Waals surface area contributed by atoms with Crippen LogP contribution in [0.15, 0.2) is 48.5 Å². The second-order valence-electron chi connectivity index (χ2n) is 7.74. The van der Waals surface area contributed by atoms with Crippen molar-refractivity contribution < 1.29 is 14.3 Å². The Hall–Kier alpha value is -3.19. The van der Waals surface area contributed by atoms with Gasteiger partial charge in [0.25, 0.3) is 0 Å². The maximum atomic E-state index is 12.9. The van der Waals surface area contributed by atoms with Gasteiger partial charge in [-0.05, 0) is 53.9 Å². The minimum Gasteiger partial charge on any atom is -0.497 e. The maximum absolute atomic E-state index is 12.9. The molecule has 168 valence electrons. The monoisotopic (exact) mass is 454 g/mol. The summed E-state index contributed by atoms with van der Waals surface area (Å²) in [5.74, 6) is 2.44. The first-order chi connectivity index (χ1) is 15.6. The standard InChI is InChI=1S/C24H27ClN4O3/c1-31-19-7-5-18(6-8-19)21-16-23(27-26-21)28-10-3-11-29(13-12-28)24(30)15-17-4-9-22(32-2)20(25)14-17/h4-9,14,16H,3,10-13,15H2,1-2H3,(H,26,27). The van der Waals surface area contributed by atoms with E-state index in [0.29, 0.717) is 23.7 Å². The number of aromatic amines is 1. The number of rotatable bonds is 6. The van der Waals surface area contributed by atoms with Gasteiger partial charge in [-0.15, -0.1) is 0 Å². The number of ether oxygens (including phenoxy) is 2. The van der Waals surface area contributed by atoms with Crippen LogP contribution in [0.2, 0.25) is 5.02 Å². The van der Waals surface area contributed by atoms with Crippen LogP contribution in [-0.4, -0.2) is 61.4 Å². The van der Waals surface area contributed by atoms with E-state index in [9.17, 15) is 4.79 Å². The zero-order valence-electron chi connectivity index (χ0n) is 18.3.